The van der Waals surface area contributed by atoms with Crippen LogP contribution in [0, 0.1) is 25.5 Å². The maximum absolute atomic E-state index is 11.3. The molecule has 0 aromatic heterocycles. The first-order chi connectivity index (χ1) is 9.54. The molecular formula is C14H18IN3O2. The number of fused-ring (bicyclic) bond motifs is 1. The van der Waals surface area contributed by atoms with E-state index in [9.17, 15) is 10.1 Å². The Morgan fingerprint density at radius 2 is 2.05 bits per heavy atom. The van der Waals surface area contributed by atoms with Gasteiger partial charge < -0.3 is 10.6 Å². The number of nitrogens with two attached hydrogens (primary N) is 1. The van der Waals surface area contributed by atoms with Gasteiger partial charge in [-0.2, -0.15) is 0 Å². The molecule has 3 rings (SSSR count). The zero-order valence-electron chi connectivity index (χ0n) is 11.2. The van der Waals surface area contributed by atoms with Gasteiger partial charge in [0.1, 0.15) is 5.69 Å². The predicted molar refractivity (Wildman–Crippen MR) is 86.8 cm³/mol. The highest BCUT2D eigenvalue weighted by Crippen LogP contribution is 2.40. The van der Waals surface area contributed by atoms with Crippen LogP contribution in [0.1, 0.15) is 19.3 Å². The normalized spacial score (nSPS) is 29.3. The van der Waals surface area contributed by atoms with E-state index in [1.165, 1.54) is 0 Å². The van der Waals surface area contributed by atoms with Crippen LogP contribution in [0.5, 0.6) is 0 Å². The van der Waals surface area contributed by atoms with Crippen molar-refractivity contribution < 1.29 is 4.92 Å². The summed E-state index contributed by atoms with van der Waals surface area (Å²) in [5.74, 6) is 1.24. The number of benzene rings is 1. The number of anilines is 1. The van der Waals surface area contributed by atoms with E-state index in [0.29, 0.717) is 17.9 Å². The van der Waals surface area contributed by atoms with Gasteiger partial charge in [-0.25, -0.2) is 0 Å². The Kier molecular flexibility index (Phi) is 3.85. The molecule has 0 bridgehead atoms. The Labute approximate surface area is 131 Å². The van der Waals surface area contributed by atoms with Crippen LogP contribution in [-0.4, -0.2) is 24.1 Å². The molecule has 1 aliphatic heterocycles. The van der Waals surface area contributed by atoms with Gasteiger partial charge in [0.05, 0.1) is 4.92 Å². The topological polar surface area (TPSA) is 72.4 Å². The SMILES string of the molecule is NC1CC[C@@H]2CN(c3ccc(I)cc3[N+](=O)[O-])C[C@@H]2C1. The summed E-state index contributed by atoms with van der Waals surface area (Å²) in [6, 6.07) is 5.79. The van der Waals surface area contributed by atoms with Gasteiger partial charge in [-0.05, 0) is 65.8 Å². The highest BCUT2D eigenvalue weighted by Gasteiger charge is 2.38. The predicted octanol–water partition coefficient (Wildman–Crippen LogP) is 2.76. The van der Waals surface area contributed by atoms with Crippen molar-refractivity contribution in [2.75, 3.05) is 18.0 Å². The van der Waals surface area contributed by atoms with E-state index >= 15 is 0 Å². The molecule has 1 aliphatic carbocycles. The average Bonchev–Trinajstić information content (AvgIpc) is 2.81. The van der Waals surface area contributed by atoms with Crippen molar-refractivity contribution in [1.29, 1.82) is 0 Å². The monoisotopic (exact) mass is 387 g/mol. The molecule has 2 N–H and O–H groups in total. The maximum atomic E-state index is 11.3. The molecule has 108 valence electrons. The first kappa shape index (κ1) is 14.1. The number of nitro benzene ring substituents is 1. The summed E-state index contributed by atoms with van der Waals surface area (Å²) in [5, 5.41) is 11.3. The summed E-state index contributed by atoms with van der Waals surface area (Å²) in [6.07, 6.45) is 3.30. The molecular weight excluding hydrogens is 369 g/mol. The Bertz CT molecular complexity index is 537. The van der Waals surface area contributed by atoms with Crippen LogP contribution in [0.25, 0.3) is 0 Å². The van der Waals surface area contributed by atoms with Crippen molar-refractivity contribution in [3.8, 4) is 0 Å². The second-order valence-corrected chi connectivity index (χ2v) is 7.13. The lowest BCUT2D eigenvalue weighted by atomic mass is 9.79. The van der Waals surface area contributed by atoms with E-state index in [1.54, 1.807) is 6.07 Å². The Morgan fingerprint density at radius 1 is 1.30 bits per heavy atom. The molecule has 0 radical (unpaired) electrons. The molecule has 1 saturated heterocycles. The quantitative estimate of drug-likeness (QED) is 0.481. The molecule has 1 unspecified atom stereocenters. The third-order valence-corrected chi connectivity index (χ3v) is 5.24. The molecule has 2 fully saturated rings. The van der Waals surface area contributed by atoms with Crippen LogP contribution >= 0.6 is 22.6 Å². The van der Waals surface area contributed by atoms with Gasteiger partial charge in [-0.3, -0.25) is 10.1 Å². The summed E-state index contributed by atoms with van der Waals surface area (Å²) >= 11 is 2.11. The minimum Gasteiger partial charge on any atom is -0.365 e. The zero-order valence-corrected chi connectivity index (χ0v) is 13.3. The lowest BCUT2D eigenvalue weighted by Gasteiger charge is -2.27. The highest BCUT2D eigenvalue weighted by atomic mass is 127. The third-order valence-electron chi connectivity index (χ3n) is 4.57. The first-order valence-electron chi connectivity index (χ1n) is 6.99. The van der Waals surface area contributed by atoms with Crippen molar-refractivity contribution in [3.05, 3.63) is 31.9 Å². The van der Waals surface area contributed by atoms with Crippen molar-refractivity contribution >= 4 is 34.0 Å². The van der Waals surface area contributed by atoms with Crippen molar-refractivity contribution in [2.24, 2.45) is 17.6 Å². The maximum Gasteiger partial charge on any atom is 0.293 e. The van der Waals surface area contributed by atoms with Crippen LogP contribution in [-0.2, 0) is 0 Å². The fraction of sp³-hybridized carbons (Fsp3) is 0.571. The molecule has 2 aliphatic rings. The number of nitro groups is 1. The van der Waals surface area contributed by atoms with Gasteiger partial charge in [-0.1, -0.05) is 0 Å². The molecule has 3 atom stereocenters. The number of nitrogens with zero attached hydrogens (tertiary/aromatic N) is 2. The largest absolute Gasteiger partial charge is 0.365 e. The molecule has 1 saturated carbocycles. The molecule has 20 heavy (non-hydrogen) atoms. The molecule has 6 heteroatoms. The van der Waals surface area contributed by atoms with Gasteiger partial charge in [0.2, 0.25) is 0 Å². The Balaban J connectivity index is 1.86. The number of rotatable bonds is 2. The van der Waals surface area contributed by atoms with Crippen LogP contribution < -0.4 is 10.6 Å². The average molecular weight is 387 g/mol. The molecule has 0 spiro atoms. The lowest BCUT2D eigenvalue weighted by Crippen LogP contribution is -2.32. The highest BCUT2D eigenvalue weighted by molar-refractivity contribution is 14.1. The summed E-state index contributed by atoms with van der Waals surface area (Å²) in [4.78, 5) is 13.2. The number of halogens is 1. The number of hydrogen-bond donors (Lipinski definition) is 1. The van der Waals surface area contributed by atoms with Gasteiger partial charge in [0.25, 0.3) is 5.69 Å². The van der Waals surface area contributed by atoms with Crippen LogP contribution in [0.3, 0.4) is 0 Å². The second kappa shape index (κ2) is 5.48. The standard InChI is InChI=1S/C14H18IN3O2/c15-11-2-4-13(14(6-11)18(19)20)17-7-9-1-3-12(16)5-10(9)8-17/h2,4,6,9-10,12H,1,3,5,7-8,16H2/t9-,10+,12?/m1/s1. The zero-order chi connectivity index (χ0) is 14.3. The fourth-order valence-electron chi connectivity index (χ4n) is 3.57. The molecule has 1 aromatic rings. The summed E-state index contributed by atoms with van der Waals surface area (Å²) in [6.45, 7) is 1.83. The smallest absolute Gasteiger partial charge is 0.293 e. The Hall–Kier alpha value is -0.890. The molecule has 1 aromatic carbocycles. The second-order valence-electron chi connectivity index (χ2n) is 5.89. The van der Waals surface area contributed by atoms with E-state index in [-0.39, 0.29) is 10.6 Å². The van der Waals surface area contributed by atoms with E-state index in [0.717, 1.165) is 41.6 Å². The van der Waals surface area contributed by atoms with Crippen molar-refractivity contribution in [3.63, 3.8) is 0 Å². The minimum atomic E-state index is -0.273. The molecule has 0 amide bonds. The van der Waals surface area contributed by atoms with Crippen LogP contribution in [0.4, 0.5) is 11.4 Å². The van der Waals surface area contributed by atoms with Crippen LogP contribution in [0.15, 0.2) is 18.2 Å². The third kappa shape index (κ3) is 2.63. The van der Waals surface area contributed by atoms with Crippen molar-refractivity contribution in [2.45, 2.75) is 25.3 Å². The Morgan fingerprint density at radius 3 is 2.80 bits per heavy atom. The van der Waals surface area contributed by atoms with Crippen molar-refractivity contribution in [1.82, 2.24) is 0 Å². The number of hydrogen-bond acceptors (Lipinski definition) is 4. The van der Waals surface area contributed by atoms with Gasteiger partial charge >= 0.3 is 0 Å². The van der Waals surface area contributed by atoms with Gasteiger partial charge in [0.15, 0.2) is 0 Å². The first-order valence-corrected chi connectivity index (χ1v) is 8.07. The lowest BCUT2D eigenvalue weighted by molar-refractivity contribution is -0.384. The fourth-order valence-corrected chi connectivity index (χ4v) is 4.05. The van der Waals surface area contributed by atoms with Crippen LogP contribution in [0.2, 0.25) is 0 Å². The van der Waals surface area contributed by atoms with E-state index in [2.05, 4.69) is 27.5 Å². The minimum absolute atomic E-state index is 0.222. The summed E-state index contributed by atoms with van der Waals surface area (Å²) in [5.41, 5.74) is 7.03. The van der Waals surface area contributed by atoms with E-state index in [4.69, 9.17) is 5.73 Å². The van der Waals surface area contributed by atoms with Gasteiger partial charge in [0, 0.05) is 28.8 Å². The van der Waals surface area contributed by atoms with Gasteiger partial charge in [-0.15, -0.1) is 0 Å². The summed E-state index contributed by atoms with van der Waals surface area (Å²) in [7, 11) is 0. The van der Waals surface area contributed by atoms with E-state index < -0.39 is 0 Å². The molecule has 5 nitrogen and oxygen atoms in total. The summed E-state index contributed by atoms with van der Waals surface area (Å²) < 4.78 is 0.900. The van der Waals surface area contributed by atoms with E-state index in [1.807, 2.05) is 12.1 Å². The molecule has 1 heterocycles.